The van der Waals surface area contributed by atoms with Gasteiger partial charge in [0.1, 0.15) is 6.26 Å². The summed E-state index contributed by atoms with van der Waals surface area (Å²) in [6.07, 6.45) is 3.75. The first-order valence-electron chi connectivity index (χ1n) is 15.2. The zero-order valence-electron chi connectivity index (χ0n) is 26.7. The van der Waals surface area contributed by atoms with Gasteiger partial charge < -0.3 is 18.5 Å². The van der Waals surface area contributed by atoms with Gasteiger partial charge >= 0.3 is 5.97 Å². The van der Waals surface area contributed by atoms with Crippen LogP contribution in [0.5, 0.6) is 0 Å². The van der Waals surface area contributed by atoms with E-state index in [1.807, 2.05) is 13.0 Å². The van der Waals surface area contributed by atoms with Crippen LogP contribution < -0.4 is 0 Å². The average Bonchev–Trinajstić information content (AvgIpc) is 3.58. The molecule has 3 aromatic heterocycles. The molecule has 0 amide bonds. The molecule has 1 fully saturated rings. The van der Waals surface area contributed by atoms with Crippen LogP contribution in [0.4, 0.5) is 0 Å². The number of fused-ring (bicyclic) bond motifs is 1. The Morgan fingerprint density at radius 1 is 1.20 bits per heavy atom. The highest BCUT2D eigenvalue weighted by Gasteiger charge is 2.30. The van der Waals surface area contributed by atoms with Crippen molar-refractivity contribution in [3.63, 3.8) is 0 Å². The van der Waals surface area contributed by atoms with E-state index in [2.05, 4.69) is 64.4 Å². The van der Waals surface area contributed by atoms with Crippen molar-refractivity contribution in [1.29, 1.82) is 0 Å². The SMILES string of the molecule is CCn1c(-c2cc(-c3nc(CN4CCS(=O)(=O)CC4)co3)cnc2[C@H](C)OC)c(CC(C)(C)COC(C)=O)c2cc(Br)ccc21. The van der Waals surface area contributed by atoms with E-state index in [-0.39, 0.29) is 35.6 Å². The fourth-order valence-electron chi connectivity index (χ4n) is 5.91. The summed E-state index contributed by atoms with van der Waals surface area (Å²) >= 11 is 3.68. The van der Waals surface area contributed by atoms with Gasteiger partial charge in [0.2, 0.25) is 5.89 Å². The van der Waals surface area contributed by atoms with E-state index in [1.165, 1.54) is 6.92 Å². The van der Waals surface area contributed by atoms with Crippen LogP contribution in [0.15, 0.2) is 45.6 Å². The average molecular weight is 702 g/mol. The molecule has 1 aliphatic heterocycles. The van der Waals surface area contributed by atoms with Gasteiger partial charge in [0.25, 0.3) is 0 Å². The van der Waals surface area contributed by atoms with Crippen LogP contribution in [-0.4, -0.2) is 72.1 Å². The Morgan fingerprint density at radius 2 is 1.93 bits per heavy atom. The maximum Gasteiger partial charge on any atom is 0.302 e. The van der Waals surface area contributed by atoms with E-state index >= 15 is 0 Å². The minimum Gasteiger partial charge on any atom is -0.465 e. The summed E-state index contributed by atoms with van der Waals surface area (Å²) in [5.41, 5.74) is 6.06. The lowest BCUT2D eigenvalue weighted by Crippen LogP contribution is -2.39. The lowest BCUT2D eigenvalue weighted by molar-refractivity contribution is -0.143. The molecule has 1 aliphatic rings. The van der Waals surface area contributed by atoms with Crippen molar-refractivity contribution in [2.24, 2.45) is 5.41 Å². The number of ether oxygens (including phenoxy) is 2. The van der Waals surface area contributed by atoms with Gasteiger partial charge in [-0.15, -0.1) is 0 Å². The Kier molecular flexibility index (Phi) is 9.88. The molecule has 0 saturated carbocycles. The van der Waals surface area contributed by atoms with Gasteiger partial charge in [-0.25, -0.2) is 13.4 Å². The molecule has 1 saturated heterocycles. The number of esters is 1. The molecule has 1 aromatic carbocycles. The van der Waals surface area contributed by atoms with Gasteiger partial charge in [-0.2, -0.15) is 0 Å². The zero-order chi connectivity index (χ0) is 32.5. The number of aromatic nitrogens is 3. The lowest BCUT2D eigenvalue weighted by atomic mass is 9.84. The largest absolute Gasteiger partial charge is 0.465 e. The summed E-state index contributed by atoms with van der Waals surface area (Å²) in [5, 5.41) is 1.11. The summed E-state index contributed by atoms with van der Waals surface area (Å²) in [6.45, 7) is 12.2. The summed E-state index contributed by atoms with van der Waals surface area (Å²) in [4.78, 5) is 23.5. The molecule has 0 aliphatic carbocycles. The van der Waals surface area contributed by atoms with Crippen molar-refractivity contribution in [3.05, 3.63) is 58.1 Å². The molecule has 4 heterocycles. The second kappa shape index (κ2) is 13.4. The van der Waals surface area contributed by atoms with E-state index in [0.717, 1.165) is 55.7 Å². The standard InChI is InChI=1S/C33H41BrN4O6S/c1-7-38-29-9-8-24(34)15-26(29)28(16-33(4,5)20-44-22(3)39)31(38)27-14-23(17-35-30(27)21(2)42-6)32-36-25(19-43-32)18-37-10-12-45(40,41)13-11-37/h8-9,14-15,17,19,21H,7,10-13,16,18,20H2,1-6H3/t21-/m0/s1. The van der Waals surface area contributed by atoms with Gasteiger partial charge in [0.15, 0.2) is 9.84 Å². The molecule has 5 rings (SSSR count). The van der Waals surface area contributed by atoms with Crippen LogP contribution in [0.1, 0.15) is 57.7 Å². The minimum absolute atomic E-state index is 0.159. The number of oxazole rings is 1. The fourth-order valence-corrected chi connectivity index (χ4v) is 7.54. The summed E-state index contributed by atoms with van der Waals surface area (Å²) in [6, 6.07) is 8.38. The Hall–Kier alpha value is -3.06. The van der Waals surface area contributed by atoms with Gasteiger partial charge in [-0.3, -0.25) is 14.7 Å². The molecule has 0 bridgehead atoms. The summed E-state index contributed by atoms with van der Waals surface area (Å²) < 4.78 is 44.2. The first kappa shape index (κ1) is 33.3. The van der Waals surface area contributed by atoms with Crippen molar-refractivity contribution >= 4 is 42.6 Å². The molecule has 4 aromatic rings. The Morgan fingerprint density at radius 3 is 2.60 bits per heavy atom. The second-order valence-corrected chi connectivity index (χ2v) is 15.7. The second-order valence-electron chi connectivity index (χ2n) is 12.5. The van der Waals surface area contributed by atoms with Crippen molar-refractivity contribution in [2.45, 2.75) is 60.2 Å². The van der Waals surface area contributed by atoms with Crippen LogP contribution in [0.25, 0.3) is 33.6 Å². The maximum atomic E-state index is 11.9. The van der Waals surface area contributed by atoms with Crippen molar-refractivity contribution in [2.75, 3.05) is 38.3 Å². The highest BCUT2D eigenvalue weighted by Crippen LogP contribution is 2.42. The summed E-state index contributed by atoms with van der Waals surface area (Å²) in [7, 11) is -1.29. The molecule has 45 heavy (non-hydrogen) atoms. The maximum absolute atomic E-state index is 11.9. The molecular weight excluding hydrogens is 660 g/mol. The normalized spacial score (nSPS) is 16.2. The molecule has 1 atom stereocenters. The molecule has 0 radical (unpaired) electrons. The molecule has 0 N–H and O–H groups in total. The number of hydrogen-bond donors (Lipinski definition) is 0. The number of halogens is 1. The van der Waals surface area contributed by atoms with E-state index in [9.17, 15) is 13.2 Å². The van der Waals surface area contributed by atoms with E-state index in [1.54, 1.807) is 19.6 Å². The minimum atomic E-state index is -2.96. The van der Waals surface area contributed by atoms with Crippen LogP contribution in [0.2, 0.25) is 0 Å². The van der Waals surface area contributed by atoms with Gasteiger partial charge in [-0.05, 0) is 50.1 Å². The Bertz CT molecular complexity index is 1800. The smallest absolute Gasteiger partial charge is 0.302 e. The van der Waals surface area contributed by atoms with Crippen molar-refractivity contribution in [3.8, 4) is 22.7 Å². The first-order chi connectivity index (χ1) is 21.3. The third-order valence-electron chi connectivity index (χ3n) is 8.30. The van der Waals surface area contributed by atoms with Crippen molar-refractivity contribution < 1.29 is 27.1 Å². The number of sulfone groups is 1. The first-order valence-corrected chi connectivity index (χ1v) is 17.8. The summed E-state index contributed by atoms with van der Waals surface area (Å²) in [5.74, 6) is 0.461. The third kappa shape index (κ3) is 7.51. The van der Waals surface area contributed by atoms with Crippen LogP contribution in [0.3, 0.4) is 0 Å². The Labute approximate surface area is 273 Å². The van der Waals surface area contributed by atoms with Crippen LogP contribution in [-0.2, 0) is 43.6 Å². The molecular formula is C33H41BrN4O6S. The number of aryl methyl sites for hydroxylation is 1. The van der Waals surface area contributed by atoms with Gasteiger partial charge in [0.05, 0.1) is 46.9 Å². The number of nitrogens with zero attached hydrogens (tertiary/aromatic N) is 4. The number of pyridine rings is 1. The van der Waals surface area contributed by atoms with Gasteiger partial charge in [-0.1, -0.05) is 29.8 Å². The third-order valence-corrected chi connectivity index (χ3v) is 10.4. The number of rotatable bonds is 11. The number of carbonyl (C=O) groups excluding carboxylic acids is 1. The Balaban J connectivity index is 1.62. The highest BCUT2D eigenvalue weighted by molar-refractivity contribution is 9.10. The van der Waals surface area contributed by atoms with Crippen LogP contribution in [0, 0.1) is 5.41 Å². The predicted molar refractivity (Wildman–Crippen MR) is 178 cm³/mol. The predicted octanol–water partition coefficient (Wildman–Crippen LogP) is 6.21. The lowest BCUT2D eigenvalue weighted by Gasteiger charge is -2.25. The van der Waals surface area contributed by atoms with E-state index < -0.39 is 9.84 Å². The van der Waals surface area contributed by atoms with E-state index in [4.69, 9.17) is 23.9 Å². The quantitative estimate of drug-likeness (QED) is 0.168. The topological polar surface area (TPSA) is 117 Å². The number of hydrogen-bond acceptors (Lipinski definition) is 9. The monoisotopic (exact) mass is 700 g/mol. The fraction of sp³-hybridized carbons (Fsp3) is 0.485. The van der Waals surface area contributed by atoms with Gasteiger partial charge in [0, 0.05) is 72.8 Å². The highest BCUT2D eigenvalue weighted by atomic mass is 79.9. The zero-order valence-corrected chi connectivity index (χ0v) is 29.1. The number of methoxy groups -OCH3 is 1. The van der Waals surface area contributed by atoms with Crippen LogP contribution >= 0.6 is 15.9 Å². The number of carbonyl (C=O) groups is 1. The van der Waals surface area contributed by atoms with E-state index in [0.29, 0.717) is 31.9 Å². The number of benzene rings is 1. The molecule has 0 spiro atoms. The molecule has 0 unspecified atom stereocenters. The molecule has 242 valence electrons. The molecule has 12 heteroatoms. The van der Waals surface area contributed by atoms with Crippen molar-refractivity contribution in [1.82, 2.24) is 19.4 Å². The molecule has 10 nitrogen and oxygen atoms in total.